The molecule has 178 valence electrons. The third-order valence-corrected chi connectivity index (χ3v) is 6.21. The minimum Gasteiger partial charge on any atom is -0.497 e. The second kappa shape index (κ2) is 9.80. The van der Waals surface area contributed by atoms with Crippen LogP contribution in [0.15, 0.2) is 97.1 Å². The van der Waals surface area contributed by atoms with Crippen molar-refractivity contribution in [2.45, 2.75) is 6.92 Å². The van der Waals surface area contributed by atoms with Crippen molar-refractivity contribution < 1.29 is 13.9 Å². The maximum absolute atomic E-state index is 14.1. The molecule has 5 aromatic rings. The van der Waals surface area contributed by atoms with Gasteiger partial charge in [0.15, 0.2) is 0 Å². The van der Waals surface area contributed by atoms with Crippen molar-refractivity contribution in [3.05, 3.63) is 125 Å². The largest absolute Gasteiger partial charge is 0.497 e. The van der Waals surface area contributed by atoms with Crippen LogP contribution in [0.4, 0.5) is 4.39 Å². The first kappa shape index (κ1) is 23.5. The van der Waals surface area contributed by atoms with Crippen molar-refractivity contribution in [2.24, 2.45) is 0 Å². The van der Waals surface area contributed by atoms with E-state index in [1.165, 1.54) is 12.1 Å². The second-order valence-corrected chi connectivity index (χ2v) is 8.81. The first-order valence-corrected chi connectivity index (χ1v) is 11.7. The van der Waals surface area contributed by atoms with Crippen LogP contribution < -0.4 is 4.74 Å². The smallest absolute Gasteiger partial charge is 0.212 e. The topological polar surface area (TPSA) is 44.1 Å². The second-order valence-electron chi connectivity index (χ2n) is 8.37. The van der Waals surface area contributed by atoms with E-state index >= 15 is 0 Å². The zero-order chi connectivity index (χ0) is 25.2. The van der Waals surface area contributed by atoms with Crippen LogP contribution in [0.3, 0.4) is 0 Å². The monoisotopic (exact) mass is 496 g/mol. The zero-order valence-corrected chi connectivity index (χ0v) is 20.5. The van der Waals surface area contributed by atoms with Gasteiger partial charge in [-0.15, -0.1) is 0 Å². The number of benzene rings is 4. The van der Waals surface area contributed by atoms with Crippen LogP contribution >= 0.6 is 11.6 Å². The molecule has 0 spiro atoms. The molecule has 1 aromatic heterocycles. The highest BCUT2D eigenvalue weighted by Crippen LogP contribution is 2.34. The number of hydrogen-bond donors (Lipinski definition) is 0. The van der Waals surface area contributed by atoms with Gasteiger partial charge in [-0.1, -0.05) is 53.6 Å². The lowest BCUT2D eigenvalue weighted by Crippen LogP contribution is -2.11. The molecule has 0 radical (unpaired) electrons. The highest BCUT2D eigenvalue weighted by atomic mass is 35.5. The minimum absolute atomic E-state index is 0.224. The Labute approximate surface area is 213 Å². The van der Waals surface area contributed by atoms with Crippen LogP contribution in [0.1, 0.15) is 21.6 Å². The van der Waals surface area contributed by atoms with Gasteiger partial charge in [0.05, 0.1) is 7.11 Å². The molecule has 0 amide bonds. The van der Waals surface area contributed by atoms with E-state index in [4.69, 9.17) is 21.3 Å². The van der Waals surface area contributed by atoms with Gasteiger partial charge in [0.25, 0.3) is 0 Å². The lowest BCUT2D eigenvalue weighted by atomic mass is 10.0. The number of ketones is 1. The van der Waals surface area contributed by atoms with Crippen LogP contribution in [-0.4, -0.2) is 22.4 Å². The third kappa shape index (κ3) is 4.53. The summed E-state index contributed by atoms with van der Waals surface area (Å²) < 4.78 is 20.9. The number of methoxy groups -OCH3 is 1. The fourth-order valence-corrected chi connectivity index (χ4v) is 4.18. The van der Waals surface area contributed by atoms with Gasteiger partial charge in [-0.3, -0.25) is 9.36 Å². The molecule has 36 heavy (non-hydrogen) atoms. The molecule has 5 rings (SSSR count). The molecule has 0 atom stereocenters. The van der Waals surface area contributed by atoms with Crippen molar-refractivity contribution in [1.82, 2.24) is 9.55 Å². The van der Waals surface area contributed by atoms with E-state index in [1.807, 2.05) is 43.3 Å². The van der Waals surface area contributed by atoms with Gasteiger partial charge in [-0.25, -0.2) is 9.37 Å². The van der Waals surface area contributed by atoms with Crippen molar-refractivity contribution in [1.29, 1.82) is 0 Å². The zero-order valence-electron chi connectivity index (χ0n) is 19.7. The van der Waals surface area contributed by atoms with E-state index in [0.29, 0.717) is 39.2 Å². The number of nitrogens with zero attached hydrogens (tertiary/aromatic N) is 2. The average Bonchev–Trinajstić information content (AvgIpc) is 3.30. The molecule has 4 aromatic carbocycles. The maximum atomic E-state index is 14.1. The van der Waals surface area contributed by atoms with E-state index in [1.54, 1.807) is 60.2 Å². The summed E-state index contributed by atoms with van der Waals surface area (Å²) in [6.07, 6.45) is 0. The predicted molar refractivity (Wildman–Crippen MR) is 141 cm³/mol. The molecule has 0 saturated carbocycles. The number of halogens is 2. The number of hydrogen-bond acceptors (Lipinski definition) is 3. The van der Waals surface area contributed by atoms with E-state index in [0.717, 1.165) is 16.7 Å². The fourth-order valence-electron chi connectivity index (χ4n) is 4.06. The summed E-state index contributed by atoms with van der Waals surface area (Å²) in [7, 11) is 1.58. The number of carbonyl (C=O) groups is 1. The molecule has 0 N–H and O–H groups in total. The molecule has 0 fully saturated rings. The van der Waals surface area contributed by atoms with Gasteiger partial charge in [0, 0.05) is 27.4 Å². The lowest BCUT2D eigenvalue weighted by molar-refractivity contribution is 0.103. The molecule has 0 aliphatic carbocycles. The quantitative estimate of drug-likeness (QED) is 0.228. The maximum Gasteiger partial charge on any atom is 0.212 e. The minimum atomic E-state index is -0.364. The SMILES string of the molecule is COc1ccc(C(=O)c2c(-c3ccc(Cl)cc3)nc(-c3ccc(C)cc3)n2-c2ccc(F)cc2)cc1. The van der Waals surface area contributed by atoms with E-state index in [-0.39, 0.29) is 11.6 Å². The van der Waals surface area contributed by atoms with Gasteiger partial charge in [-0.05, 0) is 67.6 Å². The number of imidazole rings is 1. The molecule has 4 nitrogen and oxygen atoms in total. The van der Waals surface area contributed by atoms with Crippen molar-refractivity contribution >= 4 is 17.4 Å². The van der Waals surface area contributed by atoms with Crippen LogP contribution in [0.25, 0.3) is 28.3 Å². The van der Waals surface area contributed by atoms with Crippen molar-refractivity contribution in [2.75, 3.05) is 7.11 Å². The summed E-state index contributed by atoms with van der Waals surface area (Å²) in [5.41, 5.74) is 4.64. The first-order chi connectivity index (χ1) is 17.4. The fraction of sp³-hybridized carbons (Fsp3) is 0.0667. The molecule has 0 unspecified atom stereocenters. The average molecular weight is 497 g/mol. The number of carbonyl (C=O) groups excluding carboxylic acids is 1. The Morgan fingerprint density at radius 1 is 0.833 bits per heavy atom. The van der Waals surface area contributed by atoms with Gasteiger partial charge in [0.2, 0.25) is 5.78 Å². The normalized spacial score (nSPS) is 10.9. The summed E-state index contributed by atoms with van der Waals surface area (Å²) in [6, 6.07) is 28.1. The summed E-state index contributed by atoms with van der Waals surface area (Å²) in [6.45, 7) is 2.01. The number of ether oxygens (including phenoxy) is 1. The Hall–Kier alpha value is -4.22. The van der Waals surface area contributed by atoms with Gasteiger partial charge >= 0.3 is 0 Å². The van der Waals surface area contributed by atoms with Crippen LogP contribution in [0.2, 0.25) is 5.02 Å². The lowest BCUT2D eigenvalue weighted by Gasteiger charge is -2.13. The van der Waals surface area contributed by atoms with Crippen LogP contribution in [0, 0.1) is 12.7 Å². The predicted octanol–water partition coefficient (Wildman–Crippen LogP) is 7.55. The van der Waals surface area contributed by atoms with Gasteiger partial charge in [0.1, 0.15) is 28.8 Å². The molecular formula is C30H22ClFN2O2. The Balaban J connectivity index is 1.82. The van der Waals surface area contributed by atoms with Crippen LogP contribution in [0.5, 0.6) is 5.75 Å². The molecule has 0 aliphatic heterocycles. The third-order valence-electron chi connectivity index (χ3n) is 5.96. The molecule has 1 heterocycles. The van der Waals surface area contributed by atoms with Crippen molar-refractivity contribution in [3.63, 3.8) is 0 Å². The Bertz CT molecular complexity index is 1520. The van der Waals surface area contributed by atoms with E-state index in [9.17, 15) is 9.18 Å². The number of aromatic nitrogens is 2. The van der Waals surface area contributed by atoms with Gasteiger partial charge < -0.3 is 4.74 Å². The molecule has 0 saturated heterocycles. The number of rotatable bonds is 6. The van der Waals surface area contributed by atoms with E-state index < -0.39 is 0 Å². The van der Waals surface area contributed by atoms with E-state index in [2.05, 4.69) is 0 Å². The highest BCUT2D eigenvalue weighted by Gasteiger charge is 2.27. The Morgan fingerprint density at radius 3 is 2.06 bits per heavy atom. The van der Waals surface area contributed by atoms with Crippen LogP contribution in [-0.2, 0) is 0 Å². The molecule has 6 heteroatoms. The summed E-state index contributed by atoms with van der Waals surface area (Å²) in [5, 5.41) is 0.582. The molecular weight excluding hydrogens is 475 g/mol. The Morgan fingerprint density at radius 2 is 1.44 bits per heavy atom. The Kier molecular flexibility index (Phi) is 6.40. The first-order valence-electron chi connectivity index (χ1n) is 11.3. The van der Waals surface area contributed by atoms with Crippen molar-refractivity contribution in [3.8, 4) is 34.1 Å². The number of aryl methyl sites for hydroxylation is 1. The van der Waals surface area contributed by atoms with Gasteiger partial charge in [-0.2, -0.15) is 0 Å². The summed E-state index contributed by atoms with van der Waals surface area (Å²) >= 11 is 6.14. The molecule has 0 aliphatic rings. The summed E-state index contributed by atoms with van der Waals surface area (Å²) in [4.78, 5) is 19.0. The summed E-state index contributed by atoms with van der Waals surface area (Å²) in [5.74, 6) is 0.634. The highest BCUT2D eigenvalue weighted by molar-refractivity contribution is 6.30. The standard InChI is InChI=1S/C30H22ClFN2O2/c1-19-3-5-22(6-4-19)30-33-27(20-7-11-23(31)12-8-20)28(34(30)25-15-13-24(32)14-16-25)29(35)21-9-17-26(36-2)18-10-21/h3-18H,1-2H3. The molecule has 0 bridgehead atoms.